The summed E-state index contributed by atoms with van der Waals surface area (Å²) in [5.41, 5.74) is 0. The smallest absolute Gasteiger partial charge is 0.234 e. The van der Waals surface area contributed by atoms with Gasteiger partial charge in [-0.15, -0.1) is 0 Å². The zero-order valence-electron chi connectivity index (χ0n) is 13.6. The fourth-order valence-electron chi connectivity index (χ4n) is 3.54. The van der Waals surface area contributed by atoms with Gasteiger partial charge in [0, 0.05) is 58.3 Å². The van der Waals surface area contributed by atoms with E-state index in [1.807, 2.05) is 4.90 Å². The van der Waals surface area contributed by atoms with Crippen LogP contribution in [0.2, 0.25) is 0 Å². The summed E-state index contributed by atoms with van der Waals surface area (Å²) in [7, 11) is 0. The van der Waals surface area contributed by atoms with Crippen LogP contribution in [-0.4, -0.2) is 84.4 Å². The zero-order chi connectivity index (χ0) is 15.5. The number of nitrogens with one attached hydrogen (secondary N) is 1. The largest absolute Gasteiger partial charge is 0.352 e. The first-order chi connectivity index (χ1) is 10.6. The van der Waals surface area contributed by atoms with E-state index >= 15 is 0 Å². The molecule has 0 atom stereocenters. The molecule has 3 rings (SSSR count). The van der Waals surface area contributed by atoms with E-state index < -0.39 is 0 Å². The molecule has 2 saturated heterocycles. The van der Waals surface area contributed by atoms with Gasteiger partial charge in [-0.05, 0) is 25.7 Å². The minimum Gasteiger partial charge on any atom is -0.352 e. The molecule has 2 aliphatic heterocycles. The average molecular weight is 308 g/mol. The van der Waals surface area contributed by atoms with Crippen LogP contribution in [0.15, 0.2) is 0 Å². The normalized spacial score (nSPS) is 25.2. The molecule has 0 bridgehead atoms. The summed E-state index contributed by atoms with van der Waals surface area (Å²) in [5, 5.41) is 3.14. The lowest BCUT2D eigenvalue weighted by molar-refractivity contribution is -0.130. The number of rotatable bonds is 4. The van der Waals surface area contributed by atoms with Gasteiger partial charge >= 0.3 is 0 Å². The van der Waals surface area contributed by atoms with E-state index in [2.05, 4.69) is 15.1 Å². The van der Waals surface area contributed by atoms with Crippen LogP contribution in [0.25, 0.3) is 0 Å². The van der Waals surface area contributed by atoms with Crippen molar-refractivity contribution in [1.29, 1.82) is 0 Å². The number of piperazine rings is 1. The lowest BCUT2D eigenvalue weighted by atomic mass is 10.1. The summed E-state index contributed by atoms with van der Waals surface area (Å²) in [5.74, 6) is 0.277. The Kier molecular flexibility index (Phi) is 4.98. The maximum Gasteiger partial charge on any atom is 0.234 e. The van der Waals surface area contributed by atoms with Crippen LogP contribution >= 0.6 is 0 Å². The number of carbonyl (C=O) groups is 2. The highest BCUT2D eigenvalue weighted by Crippen LogP contribution is 2.27. The van der Waals surface area contributed by atoms with Gasteiger partial charge < -0.3 is 10.2 Å². The van der Waals surface area contributed by atoms with Crippen molar-refractivity contribution in [2.45, 2.75) is 44.7 Å². The Bertz CT molecular complexity index is 408. The van der Waals surface area contributed by atoms with E-state index in [0.717, 1.165) is 58.2 Å². The molecule has 3 fully saturated rings. The second-order valence-electron chi connectivity index (χ2n) is 6.89. The molecule has 1 N–H and O–H groups in total. The van der Waals surface area contributed by atoms with Crippen molar-refractivity contribution in [1.82, 2.24) is 20.0 Å². The molecule has 124 valence electrons. The van der Waals surface area contributed by atoms with Crippen molar-refractivity contribution in [2.24, 2.45) is 0 Å². The molecule has 6 nitrogen and oxygen atoms in total. The Morgan fingerprint density at radius 1 is 0.955 bits per heavy atom. The SMILES string of the molecule is CC(=O)N1CCC(NC(=O)CN2CCN(C3CC3)CC2)CC1. The summed E-state index contributed by atoms with van der Waals surface area (Å²) in [6.45, 7) is 7.88. The Morgan fingerprint density at radius 3 is 2.14 bits per heavy atom. The van der Waals surface area contributed by atoms with Gasteiger partial charge in [-0.3, -0.25) is 19.4 Å². The monoisotopic (exact) mass is 308 g/mol. The Hall–Kier alpha value is -1.14. The van der Waals surface area contributed by atoms with Crippen LogP contribution < -0.4 is 5.32 Å². The number of nitrogens with zero attached hydrogens (tertiary/aromatic N) is 3. The van der Waals surface area contributed by atoms with Crippen molar-refractivity contribution in [3.63, 3.8) is 0 Å². The number of piperidine rings is 1. The Balaban J connectivity index is 1.33. The molecular weight excluding hydrogens is 280 g/mol. The predicted octanol–water partition coefficient (Wildman–Crippen LogP) is -0.106. The molecule has 0 unspecified atom stereocenters. The van der Waals surface area contributed by atoms with Crippen LogP contribution in [0.3, 0.4) is 0 Å². The topological polar surface area (TPSA) is 55.9 Å². The molecule has 0 spiro atoms. The van der Waals surface area contributed by atoms with E-state index in [1.165, 1.54) is 12.8 Å². The number of hydrogen-bond acceptors (Lipinski definition) is 4. The lowest BCUT2D eigenvalue weighted by Gasteiger charge is -2.35. The maximum atomic E-state index is 12.2. The molecule has 0 aromatic carbocycles. The van der Waals surface area contributed by atoms with Gasteiger partial charge in [0.15, 0.2) is 0 Å². The summed E-state index contributed by atoms with van der Waals surface area (Å²) in [6, 6.07) is 1.07. The number of hydrogen-bond donors (Lipinski definition) is 1. The summed E-state index contributed by atoms with van der Waals surface area (Å²) in [6.07, 6.45) is 4.47. The van der Waals surface area contributed by atoms with Crippen LogP contribution in [0, 0.1) is 0 Å². The van der Waals surface area contributed by atoms with E-state index in [1.54, 1.807) is 6.92 Å². The molecule has 3 aliphatic rings. The second kappa shape index (κ2) is 6.96. The highest BCUT2D eigenvalue weighted by atomic mass is 16.2. The average Bonchev–Trinajstić information content (AvgIpc) is 3.33. The van der Waals surface area contributed by atoms with Gasteiger partial charge in [0.2, 0.25) is 11.8 Å². The number of amides is 2. The van der Waals surface area contributed by atoms with Crippen LogP contribution in [0.4, 0.5) is 0 Å². The highest BCUT2D eigenvalue weighted by Gasteiger charge is 2.31. The summed E-state index contributed by atoms with van der Waals surface area (Å²) < 4.78 is 0. The van der Waals surface area contributed by atoms with Gasteiger partial charge in [0.1, 0.15) is 0 Å². The van der Waals surface area contributed by atoms with Gasteiger partial charge in [0.25, 0.3) is 0 Å². The second-order valence-corrected chi connectivity index (χ2v) is 6.89. The first-order valence-corrected chi connectivity index (χ1v) is 8.63. The fraction of sp³-hybridized carbons (Fsp3) is 0.875. The minimum absolute atomic E-state index is 0.137. The molecule has 22 heavy (non-hydrogen) atoms. The third-order valence-corrected chi connectivity index (χ3v) is 5.14. The van der Waals surface area contributed by atoms with Crippen molar-refractivity contribution in [3.8, 4) is 0 Å². The van der Waals surface area contributed by atoms with Crippen LogP contribution in [0.1, 0.15) is 32.6 Å². The fourth-order valence-corrected chi connectivity index (χ4v) is 3.54. The molecule has 0 radical (unpaired) electrons. The van der Waals surface area contributed by atoms with Crippen LogP contribution in [-0.2, 0) is 9.59 Å². The predicted molar refractivity (Wildman–Crippen MR) is 84.5 cm³/mol. The van der Waals surface area contributed by atoms with Gasteiger partial charge in [-0.2, -0.15) is 0 Å². The maximum absolute atomic E-state index is 12.2. The van der Waals surface area contributed by atoms with E-state index in [9.17, 15) is 9.59 Å². The molecule has 2 heterocycles. The molecule has 1 aliphatic carbocycles. The van der Waals surface area contributed by atoms with Crippen molar-refractivity contribution < 1.29 is 9.59 Å². The molecular formula is C16H28N4O2. The molecule has 2 amide bonds. The van der Waals surface area contributed by atoms with E-state index in [-0.39, 0.29) is 17.9 Å². The number of carbonyl (C=O) groups excluding carboxylic acids is 2. The number of likely N-dealkylation sites (tertiary alicyclic amines) is 1. The Labute approximate surface area is 132 Å². The van der Waals surface area contributed by atoms with Crippen LogP contribution in [0.5, 0.6) is 0 Å². The standard InChI is InChI=1S/C16H28N4O2/c1-13(21)19-6-4-14(5-7-19)17-16(22)12-18-8-10-20(11-9-18)15-2-3-15/h14-15H,2-12H2,1H3,(H,17,22). The van der Waals surface area contributed by atoms with E-state index in [4.69, 9.17) is 0 Å². The zero-order valence-corrected chi connectivity index (χ0v) is 13.6. The molecule has 0 aromatic rings. The highest BCUT2D eigenvalue weighted by molar-refractivity contribution is 5.78. The quantitative estimate of drug-likeness (QED) is 0.788. The van der Waals surface area contributed by atoms with Gasteiger partial charge in [-0.1, -0.05) is 0 Å². The van der Waals surface area contributed by atoms with Gasteiger partial charge in [-0.25, -0.2) is 0 Å². The lowest BCUT2D eigenvalue weighted by Crippen LogP contribution is -2.52. The molecule has 6 heteroatoms. The first kappa shape index (κ1) is 15.7. The summed E-state index contributed by atoms with van der Waals surface area (Å²) in [4.78, 5) is 30.2. The summed E-state index contributed by atoms with van der Waals surface area (Å²) >= 11 is 0. The Morgan fingerprint density at radius 2 is 1.59 bits per heavy atom. The molecule has 0 aromatic heterocycles. The van der Waals surface area contributed by atoms with Crippen molar-refractivity contribution >= 4 is 11.8 Å². The van der Waals surface area contributed by atoms with Crippen molar-refractivity contribution in [3.05, 3.63) is 0 Å². The minimum atomic E-state index is 0.137. The van der Waals surface area contributed by atoms with E-state index in [0.29, 0.717) is 6.54 Å². The third kappa shape index (κ3) is 4.20. The van der Waals surface area contributed by atoms with Gasteiger partial charge in [0.05, 0.1) is 6.54 Å². The third-order valence-electron chi connectivity index (χ3n) is 5.14. The molecule has 1 saturated carbocycles. The first-order valence-electron chi connectivity index (χ1n) is 8.63. The van der Waals surface area contributed by atoms with Crippen molar-refractivity contribution in [2.75, 3.05) is 45.8 Å².